The molecule has 0 aromatic rings. The molecule has 0 aromatic heterocycles. The van der Waals surface area contributed by atoms with E-state index in [1.165, 1.54) is 0 Å². The van der Waals surface area contributed by atoms with E-state index in [1.807, 2.05) is 0 Å². The fraction of sp³-hybridized carbons (Fsp3) is 0.400. The first-order valence-corrected chi connectivity index (χ1v) is 1.92. The third-order valence-electron chi connectivity index (χ3n) is 0.483. The molecule has 0 aliphatic rings. The van der Waals surface area contributed by atoms with Crippen molar-refractivity contribution >= 4 is 18.4 Å². The van der Waals surface area contributed by atoms with Gasteiger partial charge in [-0.2, -0.15) is 0 Å². The van der Waals surface area contributed by atoms with E-state index in [1.54, 1.807) is 0 Å². The minimum Gasteiger partial charge on any atom is -0.481 e. The Labute approximate surface area is 54.3 Å². The normalized spacial score (nSPS) is 6.38. The monoisotopic (exact) mass is 134 g/mol. The molecule has 46 valence electrons. The van der Waals surface area contributed by atoms with Gasteiger partial charge in [-0.25, -0.2) is 0 Å². The lowest BCUT2D eigenvalue weighted by Gasteiger charge is -1.80. The predicted molar refractivity (Wildman–Crippen MR) is 33.0 cm³/mol. The van der Waals surface area contributed by atoms with Crippen LogP contribution in [0.4, 0.5) is 0 Å². The summed E-state index contributed by atoms with van der Waals surface area (Å²) in [6.07, 6.45) is 5.17. The van der Waals surface area contributed by atoms with E-state index < -0.39 is 5.97 Å². The molecule has 2 nitrogen and oxygen atoms in total. The highest BCUT2D eigenvalue weighted by atomic mass is 35.5. The van der Waals surface area contributed by atoms with Crippen LogP contribution in [-0.2, 0) is 4.79 Å². The molecule has 0 fully saturated rings. The Kier molecular flexibility index (Phi) is 8.16. The van der Waals surface area contributed by atoms with Crippen molar-refractivity contribution in [1.82, 2.24) is 0 Å². The third kappa shape index (κ3) is 9.01. The smallest absolute Gasteiger partial charge is 0.304 e. The van der Waals surface area contributed by atoms with E-state index in [-0.39, 0.29) is 18.8 Å². The van der Waals surface area contributed by atoms with Crippen LogP contribution in [-0.4, -0.2) is 11.1 Å². The maximum Gasteiger partial charge on any atom is 0.304 e. The molecule has 8 heavy (non-hydrogen) atoms. The Morgan fingerprint density at radius 1 is 1.75 bits per heavy atom. The quantitative estimate of drug-likeness (QED) is 0.570. The number of carboxylic acids is 1. The molecule has 0 aliphatic carbocycles. The molecule has 0 rings (SSSR count). The highest BCUT2D eigenvalue weighted by Crippen LogP contribution is 1.82. The molecule has 0 radical (unpaired) electrons. The zero-order valence-corrected chi connectivity index (χ0v) is 5.07. The molecule has 0 aromatic carbocycles. The lowest BCUT2D eigenvalue weighted by atomic mass is 10.3. The SMILES string of the molecule is C#CCCC(=O)O.Cl. The van der Waals surface area contributed by atoms with Gasteiger partial charge in [-0.15, -0.1) is 24.8 Å². The molecular weight excluding hydrogens is 128 g/mol. The zero-order chi connectivity index (χ0) is 5.70. The average Bonchev–Trinajstić information content (AvgIpc) is 1.61. The summed E-state index contributed by atoms with van der Waals surface area (Å²) in [7, 11) is 0. The van der Waals surface area contributed by atoms with Gasteiger partial charge < -0.3 is 5.11 Å². The van der Waals surface area contributed by atoms with E-state index in [9.17, 15) is 4.79 Å². The van der Waals surface area contributed by atoms with E-state index in [0.29, 0.717) is 6.42 Å². The lowest BCUT2D eigenvalue weighted by molar-refractivity contribution is -0.136. The summed E-state index contributed by atoms with van der Waals surface area (Å²) in [5.41, 5.74) is 0. The van der Waals surface area contributed by atoms with Crippen LogP contribution in [0.3, 0.4) is 0 Å². The van der Waals surface area contributed by atoms with Crippen LogP contribution >= 0.6 is 12.4 Å². The van der Waals surface area contributed by atoms with Gasteiger partial charge >= 0.3 is 5.97 Å². The van der Waals surface area contributed by atoms with Crippen LogP contribution < -0.4 is 0 Å². The molecule has 0 heterocycles. The highest BCUT2D eigenvalue weighted by molar-refractivity contribution is 5.85. The molecule has 0 spiro atoms. The van der Waals surface area contributed by atoms with Crippen molar-refractivity contribution in [2.45, 2.75) is 12.8 Å². The number of carbonyl (C=O) groups is 1. The van der Waals surface area contributed by atoms with E-state index >= 15 is 0 Å². The molecule has 1 N–H and O–H groups in total. The molecule has 0 aliphatic heterocycles. The van der Waals surface area contributed by atoms with Gasteiger partial charge in [-0.05, 0) is 0 Å². The second-order valence-electron chi connectivity index (χ2n) is 1.10. The maximum absolute atomic E-state index is 9.66. The first-order valence-electron chi connectivity index (χ1n) is 1.92. The van der Waals surface area contributed by atoms with Gasteiger partial charge in [0.1, 0.15) is 0 Å². The van der Waals surface area contributed by atoms with Gasteiger partial charge in [0.05, 0.1) is 6.42 Å². The zero-order valence-electron chi connectivity index (χ0n) is 4.26. The molecule has 0 atom stereocenters. The Morgan fingerprint density at radius 3 is 2.38 bits per heavy atom. The molecule has 0 amide bonds. The van der Waals surface area contributed by atoms with Crippen molar-refractivity contribution in [3.05, 3.63) is 0 Å². The summed E-state index contributed by atoms with van der Waals surface area (Å²) >= 11 is 0. The van der Waals surface area contributed by atoms with E-state index in [2.05, 4.69) is 5.92 Å². The van der Waals surface area contributed by atoms with Crippen molar-refractivity contribution in [1.29, 1.82) is 0 Å². The van der Waals surface area contributed by atoms with E-state index in [4.69, 9.17) is 11.5 Å². The molecule has 0 unspecified atom stereocenters. The highest BCUT2D eigenvalue weighted by Gasteiger charge is 1.89. The largest absolute Gasteiger partial charge is 0.481 e. The summed E-state index contributed by atoms with van der Waals surface area (Å²) < 4.78 is 0. The summed E-state index contributed by atoms with van der Waals surface area (Å²) in [6, 6.07) is 0. The number of hydrogen-bond acceptors (Lipinski definition) is 1. The summed E-state index contributed by atoms with van der Waals surface area (Å²) in [6.45, 7) is 0. The van der Waals surface area contributed by atoms with E-state index in [0.717, 1.165) is 0 Å². The van der Waals surface area contributed by atoms with Crippen LogP contribution in [0.15, 0.2) is 0 Å². The first kappa shape index (κ1) is 10.3. The van der Waals surface area contributed by atoms with Crippen LogP contribution in [0, 0.1) is 12.3 Å². The number of carboxylic acid groups (broad SMARTS) is 1. The summed E-state index contributed by atoms with van der Waals surface area (Å²) in [4.78, 5) is 9.66. The standard InChI is InChI=1S/C5H6O2.ClH/c1-2-3-4-5(6)7;/h1H,3-4H2,(H,6,7);1H. The second-order valence-corrected chi connectivity index (χ2v) is 1.10. The van der Waals surface area contributed by atoms with Crippen molar-refractivity contribution < 1.29 is 9.90 Å². The number of aliphatic carboxylic acids is 1. The Balaban J connectivity index is 0. The summed E-state index contributed by atoms with van der Waals surface area (Å²) in [5.74, 6) is 1.38. The Hall–Kier alpha value is -0.680. The number of halogens is 1. The second kappa shape index (κ2) is 6.32. The molecule has 0 saturated carbocycles. The van der Waals surface area contributed by atoms with Gasteiger partial charge in [-0.3, -0.25) is 4.79 Å². The van der Waals surface area contributed by atoms with Gasteiger partial charge in [0.25, 0.3) is 0 Å². The van der Waals surface area contributed by atoms with Gasteiger partial charge in [0.15, 0.2) is 0 Å². The maximum atomic E-state index is 9.66. The van der Waals surface area contributed by atoms with Gasteiger partial charge in [0, 0.05) is 6.42 Å². The topological polar surface area (TPSA) is 37.3 Å². The molecular formula is C5H7ClO2. The van der Waals surface area contributed by atoms with Crippen molar-refractivity contribution in [2.24, 2.45) is 0 Å². The molecule has 0 bridgehead atoms. The van der Waals surface area contributed by atoms with Crippen LogP contribution in [0.1, 0.15) is 12.8 Å². The fourth-order valence-electron chi connectivity index (χ4n) is 0.179. The lowest BCUT2D eigenvalue weighted by Crippen LogP contribution is -1.91. The molecule has 0 saturated heterocycles. The fourth-order valence-corrected chi connectivity index (χ4v) is 0.179. The van der Waals surface area contributed by atoms with Crippen molar-refractivity contribution in [3.8, 4) is 12.3 Å². The van der Waals surface area contributed by atoms with Crippen LogP contribution in [0.2, 0.25) is 0 Å². The summed E-state index contributed by atoms with van der Waals surface area (Å²) in [5, 5.41) is 7.95. The Bertz CT molecular complexity index is 103. The minimum atomic E-state index is -0.835. The number of rotatable bonds is 2. The van der Waals surface area contributed by atoms with Crippen molar-refractivity contribution in [2.75, 3.05) is 0 Å². The van der Waals surface area contributed by atoms with Crippen LogP contribution in [0.25, 0.3) is 0 Å². The molecule has 3 heteroatoms. The van der Waals surface area contributed by atoms with Crippen molar-refractivity contribution in [3.63, 3.8) is 0 Å². The predicted octanol–water partition coefficient (Wildman–Crippen LogP) is 0.906. The average molecular weight is 135 g/mol. The first-order chi connectivity index (χ1) is 3.27. The minimum absolute atomic E-state index is 0. The third-order valence-corrected chi connectivity index (χ3v) is 0.483. The van der Waals surface area contributed by atoms with Gasteiger partial charge in [0.2, 0.25) is 0 Å². The Morgan fingerprint density at radius 2 is 2.25 bits per heavy atom. The van der Waals surface area contributed by atoms with Crippen LogP contribution in [0.5, 0.6) is 0 Å². The van der Waals surface area contributed by atoms with Gasteiger partial charge in [-0.1, -0.05) is 0 Å². The number of hydrogen-bond donors (Lipinski definition) is 1. The number of terminal acetylenes is 1.